The summed E-state index contributed by atoms with van der Waals surface area (Å²) in [5.74, 6) is -0.270. The largest absolute Gasteiger partial charge is 0.497 e. The second-order valence-corrected chi connectivity index (χ2v) is 3.88. The average Bonchev–Trinajstić information content (AvgIpc) is 2.53. The Morgan fingerprint density at radius 3 is 2.30 bits per heavy atom. The molecule has 0 aliphatic carbocycles. The van der Waals surface area contributed by atoms with E-state index in [0.29, 0.717) is 16.9 Å². The number of nitrogens with one attached hydrogen (secondary N) is 2. The lowest BCUT2D eigenvalue weighted by Crippen LogP contribution is -2.41. The molecule has 0 fully saturated rings. The number of aromatic nitrogens is 1. The predicted molar refractivity (Wildman–Crippen MR) is 72.2 cm³/mol. The Balaban J connectivity index is 1.97. The topological polar surface area (TPSA) is 80.3 Å². The maximum absolute atomic E-state index is 11.9. The first-order chi connectivity index (χ1) is 9.70. The number of pyridine rings is 1. The Kier molecular flexibility index (Phi) is 4.28. The van der Waals surface area contributed by atoms with Crippen LogP contribution in [0.1, 0.15) is 20.7 Å². The van der Waals surface area contributed by atoms with E-state index in [1.807, 2.05) is 0 Å². The van der Waals surface area contributed by atoms with Gasteiger partial charge in [-0.2, -0.15) is 0 Å². The molecule has 0 bridgehead atoms. The number of methoxy groups -OCH3 is 1. The first-order valence-corrected chi connectivity index (χ1v) is 5.85. The Bertz CT molecular complexity index is 614. The molecular formula is C14H13N3O3. The summed E-state index contributed by atoms with van der Waals surface area (Å²) in [6, 6.07) is 9.72. The van der Waals surface area contributed by atoms with E-state index in [-0.39, 0.29) is 0 Å². The minimum atomic E-state index is -0.425. The highest BCUT2D eigenvalue weighted by Gasteiger charge is 2.09. The van der Waals surface area contributed by atoms with E-state index >= 15 is 0 Å². The zero-order valence-electron chi connectivity index (χ0n) is 10.8. The van der Waals surface area contributed by atoms with Gasteiger partial charge >= 0.3 is 0 Å². The average molecular weight is 271 g/mol. The van der Waals surface area contributed by atoms with Crippen molar-refractivity contribution in [1.82, 2.24) is 15.8 Å². The van der Waals surface area contributed by atoms with Crippen molar-refractivity contribution >= 4 is 11.8 Å². The first-order valence-electron chi connectivity index (χ1n) is 5.85. The lowest BCUT2D eigenvalue weighted by atomic mass is 10.2. The summed E-state index contributed by atoms with van der Waals surface area (Å²) >= 11 is 0. The van der Waals surface area contributed by atoms with E-state index in [1.54, 1.807) is 36.4 Å². The second-order valence-electron chi connectivity index (χ2n) is 3.88. The maximum atomic E-state index is 11.9. The number of carbonyl (C=O) groups excluding carboxylic acids is 2. The van der Waals surface area contributed by atoms with Crippen molar-refractivity contribution < 1.29 is 14.3 Å². The standard InChI is InChI=1S/C14H13N3O3/c1-20-12-4-2-3-11(9-12)14(19)17-16-13(18)10-5-7-15-8-6-10/h2-9H,1H3,(H,16,18)(H,17,19). The van der Waals surface area contributed by atoms with E-state index in [0.717, 1.165) is 0 Å². The predicted octanol–water partition coefficient (Wildman–Crippen LogP) is 1.16. The summed E-state index contributed by atoms with van der Waals surface area (Å²) in [7, 11) is 1.52. The minimum absolute atomic E-state index is 0.388. The van der Waals surface area contributed by atoms with Gasteiger partial charge in [-0.05, 0) is 30.3 Å². The molecule has 102 valence electrons. The molecular weight excluding hydrogens is 258 g/mol. The molecule has 6 heteroatoms. The van der Waals surface area contributed by atoms with Crippen molar-refractivity contribution in [3.8, 4) is 5.75 Å². The summed E-state index contributed by atoms with van der Waals surface area (Å²) in [5, 5.41) is 0. The molecule has 0 unspecified atom stereocenters. The Morgan fingerprint density at radius 1 is 1.00 bits per heavy atom. The molecule has 2 aromatic rings. The van der Waals surface area contributed by atoms with E-state index in [9.17, 15) is 9.59 Å². The van der Waals surface area contributed by atoms with E-state index in [1.165, 1.54) is 19.5 Å². The molecule has 1 aromatic heterocycles. The SMILES string of the molecule is COc1cccc(C(=O)NNC(=O)c2ccncc2)c1. The van der Waals surface area contributed by atoms with Crippen LogP contribution in [-0.4, -0.2) is 23.9 Å². The third-order valence-corrected chi connectivity index (χ3v) is 2.56. The van der Waals surface area contributed by atoms with E-state index in [4.69, 9.17) is 4.74 Å². The molecule has 0 aliphatic rings. The van der Waals surface area contributed by atoms with Gasteiger partial charge in [-0.25, -0.2) is 0 Å². The number of amides is 2. The highest BCUT2D eigenvalue weighted by Crippen LogP contribution is 2.11. The molecule has 20 heavy (non-hydrogen) atoms. The molecule has 0 radical (unpaired) electrons. The summed E-state index contributed by atoms with van der Waals surface area (Å²) in [6.07, 6.45) is 3.00. The Hall–Kier alpha value is -2.89. The number of benzene rings is 1. The normalized spacial score (nSPS) is 9.65. The van der Waals surface area contributed by atoms with Gasteiger partial charge in [0.15, 0.2) is 0 Å². The van der Waals surface area contributed by atoms with Gasteiger partial charge in [0.2, 0.25) is 0 Å². The molecule has 2 N–H and O–H groups in total. The monoisotopic (exact) mass is 271 g/mol. The van der Waals surface area contributed by atoms with Gasteiger partial charge in [0, 0.05) is 23.5 Å². The highest BCUT2D eigenvalue weighted by molar-refractivity contribution is 5.99. The zero-order chi connectivity index (χ0) is 14.4. The minimum Gasteiger partial charge on any atom is -0.497 e. The van der Waals surface area contributed by atoms with Gasteiger partial charge in [-0.3, -0.25) is 25.4 Å². The smallest absolute Gasteiger partial charge is 0.269 e. The summed E-state index contributed by atoms with van der Waals surface area (Å²) in [4.78, 5) is 27.4. The van der Waals surface area contributed by atoms with E-state index in [2.05, 4.69) is 15.8 Å². The fraction of sp³-hybridized carbons (Fsp3) is 0.0714. The molecule has 6 nitrogen and oxygen atoms in total. The summed E-state index contributed by atoms with van der Waals surface area (Å²) in [5.41, 5.74) is 5.46. The number of hydrazine groups is 1. The van der Waals surface area contributed by atoms with Crippen LogP contribution in [0, 0.1) is 0 Å². The molecule has 1 aromatic carbocycles. The molecule has 0 atom stereocenters. The van der Waals surface area contributed by atoms with E-state index < -0.39 is 11.8 Å². The fourth-order valence-corrected chi connectivity index (χ4v) is 1.53. The lowest BCUT2D eigenvalue weighted by molar-refractivity contribution is 0.0846. The zero-order valence-corrected chi connectivity index (χ0v) is 10.8. The number of carbonyl (C=O) groups is 2. The molecule has 0 saturated heterocycles. The van der Waals surface area contributed by atoms with Crippen LogP contribution >= 0.6 is 0 Å². The van der Waals surface area contributed by atoms with Crippen LogP contribution in [0.5, 0.6) is 5.75 Å². The fourth-order valence-electron chi connectivity index (χ4n) is 1.53. The third-order valence-electron chi connectivity index (χ3n) is 2.56. The maximum Gasteiger partial charge on any atom is 0.269 e. The molecule has 1 heterocycles. The lowest BCUT2D eigenvalue weighted by Gasteiger charge is -2.08. The van der Waals surface area contributed by atoms with Crippen molar-refractivity contribution in [1.29, 1.82) is 0 Å². The van der Waals surface area contributed by atoms with Gasteiger partial charge in [-0.1, -0.05) is 6.07 Å². The van der Waals surface area contributed by atoms with Crippen LogP contribution in [0.15, 0.2) is 48.8 Å². The second kappa shape index (κ2) is 6.33. The van der Waals surface area contributed by atoms with Crippen LogP contribution in [0.4, 0.5) is 0 Å². The van der Waals surface area contributed by atoms with Crippen LogP contribution in [0.3, 0.4) is 0 Å². The van der Waals surface area contributed by atoms with Gasteiger partial charge in [-0.15, -0.1) is 0 Å². The number of rotatable bonds is 3. The summed E-state index contributed by atoms with van der Waals surface area (Å²) in [6.45, 7) is 0. The highest BCUT2D eigenvalue weighted by atomic mass is 16.5. The van der Waals surface area contributed by atoms with Crippen LogP contribution in [-0.2, 0) is 0 Å². The first kappa shape index (κ1) is 13.5. The third kappa shape index (κ3) is 3.32. The van der Waals surface area contributed by atoms with Gasteiger partial charge in [0.25, 0.3) is 11.8 Å². The van der Waals surface area contributed by atoms with Crippen LogP contribution in [0.25, 0.3) is 0 Å². The van der Waals surface area contributed by atoms with Crippen LogP contribution in [0.2, 0.25) is 0 Å². The number of ether oxygens (including phenoxy) is 1. The molecule has 2 rings (SSSR count). The van der Waals surface area contributed by atoms with Gasteiger partial charge in [0.1, 0.15) is 5.75 Å². The molecule has 0 saturated carbocycles. The Morgan fingerprint density at radius 2 is 1.65 bits per heavy atom. The van der Waals surface area contributed by atoms with Gasteiger partial charge < -0.3 is 4.74 Å². The van der Waals surface area contributed by atoms with Crippen molar-refractivity contribution in [3.05, 3.63) is 59.9 Å². The number of hydrogen-bond donors (Lipinski definition) is 2. The molecule has 0 aliphatic heterocycles. The number of hydrogen-bond acceptors (Lipinski definition) is 4. The Labute approximate surface area is 115 Å². The van der Waals surface area contributed by atoms with Crippen LogP contribution < -0.4 is 15.6 Å². The molecule has 0 spiro atoms. The van der Waals surface area contributed by atoms with Crippen molar-refractivity contribution in [2.24, 2.45) is 0 Å². The van der Waals surface area contributed by atoms with Crippen molar-refractivity contribution in [3.63, 3.8) is 0 Å². The number of nitrogens with zero attached hydrogens (tertiary/aromatic N) is 1. The quantitative estimate of drug-likeness (QED) is 0.821. The van der Waals surface area contributed by atoms with Crippen molar-refractivity contribution in [2.75, 3.05) is 7.11 Å². The molecule has 2 amide bonds. The van der Waals surface area contributed by atoms with Crippen molar-refractivity contribution in [2.45, 2.75) is 0 Å². The summed E-state index contributed by atoms with van der Waals surface area (Å²) < 4.78 is 5.03. The van der Waals surface area contributed by atoms with Gasteiger partial charge in [0.05, 0.1) is 7.11 Å².